The molecule has 2 amide bonds. The van der Waals surface area contributed by atoms with E-state index in [2.05, 4.69) is 15.5 Å². The van der Waals surface area contributed by atoms with E-state index < -0.39 is 40.7 Å². The fourth-order valence-corrected chi connectivity index (χ4v) is 7.74. The zero-order valence-electron chi connectivity index (χ0n) is 22.7. The van der Waals surface area contributed by atoms with E-state index in [9.17, 15) is 29.7 Å². The van der Waals surface area contributed by atoms with E-state index >= 15 is 0 Å². The lowest BCUT2D eigenvalue weighted by atomic mass is 10.0. The predicted molar refractivity (Wildman–Crippen MR) is 170 cm³/mol. The minimum Gasteiger partial charge on any atom is -0.503 e. The summed E-state index contributed by atoms with van der Waals surface area (Å²) in [5, 5.41) is 36.8. The lowest BCUT2D eigenvalue weighted by Gasteiger charge is -2.49. The smallest absolute Gasteiger partial charge is 0.352 e. The van der Waals surface area contributed by atoms with Gasteiger partial charge in [-0.25, -0.2) is 9.78 Å². The van der Waals surface area contributed by atoms with Gasteiger partial charge in [0.2, 0.25) is 0 Å². The number of allylic oxidation sites excluding steroid dienone is 1. The predicted octanol–water partition coefficient (Wildman–Crippen LogP) is 3.18. The zero-order valence-corrected chi connectivity index (χ0v) is 26.7. The maximum absolute atomic E-state index is 13.4. The number of anilines is 1. The summed E-state index contributed by atoms with van der Waals surface area (Å²) in [6.45, 7) is 0.396. The summed E-state index contributed by atoms with van der Waals surface area (Å²) in [5.74, 6) is -3.08. The number of hydrogen-bond acceptors (Lipinski definition) is 13. The largest absolute Gasteiger partial charge is 0.503 e. The Hall–Kier alpha value is -3.57. The van der Waals surface area contributed by atoms with Crippen LogP contribution in [0.5, 0.6) is 11.5 Å². The summed E-state index contributed by atoms with van der Waals surface area (Å²) in [4.78, 5) is 52.5. The van der Waals surface area contributed by atoms with Crippen molar-refractivity contribution in [2.45, 2.75) is 18.0 Å². The number of carbonyl (C=O) groups is 3. The quantitative estimate of drug-likeness (QED) is 0.106. The molecule has 44 heavy (non-hydrogen) atoms. The lowest BCUT2D eigenvalue weighted by Crippen LogP contribution is -2.71. The highest BCUT2D eigenvalue weighted by atomic mass is 35.5. The van der Waals surface area contributed by atoms with Crippen molar-refractivity contribution in [3.8, 4) is 11.5 Å². The number of rotatable bonds is 10. The Morgan fingerprint density at radius 3 is 2.75 bits per heavy atom. The van der Waals surface area contributed by atoms with E-state index in [1.54, 1.807) is 0 Å². The van der Waals surface area contributed by atoms with Gasteiger partial charge in [0.05, 0.1) is 10.0 Å². The van der Waals surface area contributed by atoms with Crippen LogP contribution >= 0.6 is 58.1 Å². The first-order valence-corrected chi connectivity index (χ1v) is 16.4. The van der Waals surface area contributed by atoms with Crippen molar-refractivity contribution in [1.82, 2.24) is 20.1 Å². The highest BCUT2D eigenvalue weighted by Gasteiger charge is 2.54. The van der Waals surface area contributed by atoms with E-state index in [4.69, 9.17) is 33.8 Å². The van der Waals surface area contributed by atoms with E-state index in [0.717, 1.165) is 22.8 Å². The number of thioether (sulfide) groups is 2. The van der Waals surface area contributed by atoms with Crippen molar-refractivity contribution < 1.29 is 34.5 Å². The molecule has 0 spiro atoms. The molecule has 6 N–H and O–H groups in total. The van der Waals surface area contributed by atoms with Crippen molar-refractivity contribution in [3.63, 3.8) is 0 Å². The van der Waals surface area contributed by atoms with Crippen LogP contribution in [0.2, 0.25) is 10.0 Å². The number of nitrogen functional groups attached to an aromatic ring is 1. The SMILES string of the molecule is CN1C=CC(SCC2=C(C(=O)O)N3C(=O)C(NC(=O)/C(=N\OCc4cc(Cl)c(O)c(O)c4Cl)c4csc(N)n4)[C@H]3SC2)=CC1. The molecule has 13 nitrogen and oxygen atoms in total. The fraction of sp³-hybridized carbons (Fsp3) is 0.269. The van der Waals surface area contributed by atoms with Gasteiger partial charge < -0.3 is 36.1 Å². The highest BCUT2D eigenvalue weighted by molar-refractivity contribution is 8.03. The maximum Gasteiger partial charge on any atom is 0.352 e. The van der Waals surface area contributed by atoms with Crippen LogP contribution in [-0.2, 0) is 25.8 Å². The number of fused-ring (bicyclic) bond motifs is 1. The van der Waals surface area contributed by atoms with Gasteiger partial charge in [0.1, 0.15) is 29.4 Å². The molecule has 0 aliphatic carbocycles. The number of likely N-dealkylation sites (N-methyl/N-ethyl adjacent to an activating group) is 1. The van der Waals surface area contributed by atoms with Crippen molar-refractivity contribution >= 4 is 86.7 Å². The second-order valence-corrected chi connectivity index (χ2v) is 13.4. The number of nitrogens with one attached hydrogen (secondary N) is 1. The molecule has 1 saturated heterocycles. The number of halogens is 2. The molecular formula is C26H24Cl2N6O7S3. The Morgan fingerprint density at radius 2 is 2.09 bits per heavy atom. The molecule has 232 valence electrons. The topological polar surface area (TPSA) is 191 Å². The molecule has 4 heterocycles. The van der Waals surface area contributed by atoms with Crippen LogP contribution in [-0.4, -0.2) is 90.1 Å². The third-order valence-electron chi connectivity index (χ3n) is 6.62. The molecule has 0 bridgehead atoms. The van der Waals surface area contributed by atoms with Crippen LogP contribution in [0, 0.1) is 0 Å². The van der Waals surface area contributed by atoms with Gasteiger partial charge in [0.25, 0.3) is 11.8 Å². The number of benzene rings is 1. The number of thiazole rings is 1. The molecule has 2 atom stereocenters. The zero-order chi connectivity index (χ0) is 31.7. The fourth-order valence-electron chi connectivity index (χ4n) is 4.37. The van der Waals surface area contributed by atoms with Gasteiger partial charge in [-0.05, 0) is 17.7 Å². The van der Waals surface area contributed by atoms with Crippen LogP contribution in [0.3, 0.4) is 0 Å². The number of aromatic hydroxyl groups is 2. The number of hydrogen-bond donors (Lipinski definition) is 5. The summed E-state index contributed by atoms with van der Waals surface area (Å²) >= 11 is 15.8. The minimum absolute atomic E-state index is 0.0744. The first kappa shape index (κ1) is 31.8. The maximum atomic E-state index is 13.4. The van der Waals surface area contributed by atoms with Crippen molar-refractivity contribution in [3.05, 3.63) is 67.3 Å². The molecule has 1 aromatic carbocycles. The molecule has 1 unspecified atom stereocenters. The molecule has 1 aromatic heterocycles. The molecule has 1 fully saturated rings. The monoisotopic (exact) mass is 698 g/mol. The number of β-lactam (4-membered cyclic amide) rings is 1. The van der Waals surface area contributed by atoms with Crippen LogP contribution in [0.1, 0.15) is 11.3 Å². The number of carboxylic acids is 1. The van der Waals surface area contributed by atoms with Gasteiger partial charge in [0.15, 0.2) is 22.3 Å². The normalized spacial score (nSPS) is 19.8. The number of aliphatic carboxylic acids is 1. The Kier molecular flexibility index (Phi) is 9.55. The third-order valence-corrected chi connectivity index (χ3v) is 10.5. The summed E-state index contributed by atoms with van der Waals surface area (Å²) in [7, 11) is 1.95. The van der Waals surface area contributed by atoms with Gasteiger partial charge in [0, 0.05) is 47.1 Å². The summed E-state index contributed by atoms with van der Waals surface area (Å²) < 4.78 is 0. The number of nitrogens with two attached hydrogens (primary N) is 1. The Balaban J connectivity index is 1.30. The van der Waals surface area contributed by atoms with Gasteiger partial charge in [-0.1, -0.05) is 34.4 Å². The van der Waals surface area contributed by atoms with Gasteiger partial charge >= 0.3 is 5.97 Å². The number of phenolic OH excluding ortho intramolecular Hbond substituents is 2. The standard InChI is InChI=1S/C26H24Cl2N6O7S3/c1-33-4-2-13(3-5-33)42-8-12-9-43-24-18(23(38)34(24)19(12)25(39)40)31-22(37)17(15-10-44-26(29)30-15)32-41-7-11-6-14(27)20(35)21(36)16(11)28/h2-4,6,10,18,24,35-36H,5,7-9H2,1H3,(H2,29,30)(H,31,37)(H,39,40)/b32-17-/t18?,24-/m1/s1. The Morgan fingerprint density at radius 1 is 1.32 bits per heavy atom. The summed E-state index contributed by atoms with van der Waals surface area (Å²) in [6.07, 6.45) is 5.94. The van der Waals surface area contributed by atoms with E-state index in [-0.39, 0.29) is 44.4 Å². The highest BCUT2D eigenvalue weighted by Crippen LogP contribution is 2.43. The molecule has 0 radical (unpaired) electrons. The molecule has 18 heteroatoms. The van der Waals surface area contributed by atoms with Gasteiger partial charge in [-0.3, -0.25) is 14.5 Å². The van der Waals surface area contributed by atoms with Crippen LogP contribution in [0.4, 0.5) is 5.13 Å². The first-order chi connectivity index (χ1) is 21.0. The Bertz CT molecular complexity index is 1660. The second-order valence-electron chi connectivity index (χ2n) is 9.58. The number of amides is 2. The minimum atomic E-state index is -1.22. The number of carbonyl (C=O) groups excluding carboxylic acids is 2. The molecule has 5 rings (SSSR count). The van der Waals surface area contributed by atoms with Crippen molar-refractivity contribution in [1.29, 1.82) is 0 Å². The van der Waals surface area contributed by atoms with Crippen LogP contribution in [0.15, 0.2) is 51.1 Å². The summed E-state index contributed by atoms with van der Waals surface area (Å²) in [5.41, 5.74) is 6.22. The first-order valence-electron chi connectivity index (χ1n) is 12.7. The second kappa shape index (κ2) is 13.2. The molecule has 3 aliphatic rings. The molecule has 3 aliphatic heterocycles. The van der Waals surface area contributed by atoms with E-state index in [1.807, 2.05) is 30.3 Å². The van der Waals surface area contributed by atoms with E-state index in [0.29, 0.717) is 17.1 Å². The van der Waals surface area contributed by atoms with Crippen molar-refractivity contribution in [2.75, 3.05) is 30.8 Å². The molecule has 2 aromatic rings. The van der Waals surface area contributed by atoms with Crippen LogP contribution in [0.25, 0.3) is 0 Å². The van der Waals surface area contributed by atoms with E-state index in [1.165, 1.54) is 39.9 Å². The van der Waals surface area contributed by atoms with Crippen molar-refractivity contribution in [2.24, 2.45) is 5.16 Å². The van der Waals surface area contributed by atoms with Crippen LogP contribution < -0.4 is 11.1 Å². The number of carboxylic acid groups (broad SMARTS) is 1. The van der Waals surface area contributed by atoms with Gasteiger partial charge in [-0.2, -0.15) is 0 Å². The Labute approximate surface area is 273 Å². The third kappa shape index (κ3) is 6.44. The average Bonchev–Trinajstić information content (AvgIpc) is 3.43. The summed E-state index contributed by atoms with van der Waals surface area (Å²) in [6, 6.07) is 0.234. The molecular weight excluding hydrogens is 675 g/mol. The average molecular weight is 700 g/mol. The lowest BCUT2D eigenvalue weighted by molar-refractivity contribution is -0.150. The molecule has 0 saturated carbocycles. The number of aromatic nitrogens is 1. The number of phenols is 2. The number of nitrogens with zero attached hydrogens (tertiary/aromatic N) is 4. The van der Waals surface area contributed by atoms with Gasteiger partial charge in [-0.15, -0.1) is 34.9 Å². The number of oxime groups is 1.